The Morgan fingerprint density at radius 3 is 3.05 bits per heavy atom. The van der Waals surface area contributed by atoms with Crippen molar-refractivity contribution >= 4 is 40.2 Å². The molecule has 1 saturated heterocycles. The van der Waals surface area contributed by atoms with Crippen molar-refractivity contribution in [2.75, 3.05) is 23.4 Å². The van der Waals surface area contributed by atoms with E-state index >= 15 is 0 Å². The van der Waals surface area contributed by atoms with Gasteiger partial charge in [-0.25, -0.2) is 9.78 Å². The number of nitrogens with zero attached hydrogens (tertiary/aromatic N) is 2. The van der Waals surface area contributed by atoms with E-state index in [0.717, 1.165) is 11.4 Å². The monoisotopic (exact) mass is 301 g/mol. The number of aryl methyl sites for hydroxylation is 1. The van der Waals surface area contributed by atoms with Crippen molar-refractivity contribution in [3.05, 3.63) is 11.1 Å². The number of hydrogen-bond acceptors (Lipinski definition) is 5. The maximum absolute atomic E-state index is 12.1. The molecule has 0 spiro atoms. The first-order valence-electron chi connectivity index (χ1n) is 5.85. The minimum absolute atomic E-state index is 0.0166. The van der Waals surface area contributed by atoms with Crippen LogP contribution in [0.25, 0.3) is 0 Å². The zero-order valence-electron chi connectivity index (χ0n) is 10.5. The molecule has 6 nitrogen and oxygen atoms in total. The van der Waals surface area contributed by atoms with E-state index in [1.165, 1.54) is 11.3 Å². The first kappa shape index (κ1) is 14.1. The van der Waals surface area contributed by atoms with Gasteiger partial charge in [0, 0.05) is 23.4 Å². The van der Waals surface area contributed by atoms with Crippen LogP contribution in [0, 0.1) is 6.92 Å². The van der Waals surface area contributed by atoms with Crippen LogP contribution in [0.15, 0.2) is 5.38 Å². The topological polar surface area (TPSA) is 82.5 Å². The molecule has 19 heavy (non-hydrogen) atoms. The number of carboxylic acid groups (broad SMARTS) is 1. The van der Waals surface area contributed by atoms with E-state index in [4.69, 9.17) is 5.11 Å². The lowest BCUT2D eigenvalue weighted by atomic mass is 10.2. The molecule has 0 aliphatic carbocycles. The Balaban J connectivity index is 2.00. The fourth-order valence-electron chi connectivity index (χ4n) is 1.87. The highest BCUT2D eigenvalue weighted by Crippen LogP contribution is 2.21. The predicted octanol–water partition coefficient (Wildman–Crippen LogP) is 1.88. The molecule has 1 aromatic rings. The first-order valence-corrected chi connectivity index (χ1v) is 7.89. The normalized spacial score (nSPS) is 19.2. The van der Waals surface area contributed by atoms with E-state index < -0.39 is 5.97 Å². The number of thiazole rings is 1. The van der Waals surface area contributed by atoms with E-state index in [9.17, 15) is 9.59 Å². The summed E-state index contributed by atoms with van der Waals surface area (Å²) in [6, 6.07) is -0.516. The standard InChI is InChI=1S/C11H15N3O3S2/c1-7-5-19-10(12-7)13-11(17)14-2-3-18-6-8(14)4-9(15)16/h5,8H,2-4,6H2,1H3,(H,15,16)(H,12,13,17). The molecule has 1 fully saturated rings. The Kier molecular flexibility index (Phi) is 4.65. The minimum atomic E-state index is -0.879. The van der Waals surface area contributed by atoms with Crippen molar-refractivity contribution < 1.29 is 14.7 Å². The molecule has 8 heteroatoms. The molecule has 0 aromatic carbocycles. The third kappa shape index (κ3) is 3.84. The summed E-state index contributed by atoms with van der Waals surface area (Å²) in [7, 11) is 0. The van der Waals surface area contributed by atoms with Gasteiger partial charge >= 0.3 is 12.0 Å². The van der Waals surface area contributed by atoms with Crippen LogP contribution in [-0.2, 0) is 4.79 Å². The van der Waals surface area contributed by atoms with Gasteiger partial charge in [0.25, 0.3) is 0 Å². The van der Waals surface area contributed by atoms with Crippen molar-refractivity contribution in [1.82, 2.24) is 9.88 Å². The smallest absolute Gasteiger partial charge is 0.323 e. The van der Waals surface area contributed by atoms with E-state index in [1.54, 1.807) is 16.7 Å². The van der Waals surface area contributed by atoms with Gasteiger partial charge in [-0.15, -0.1) is 11.3 Å². The highest BCUT2D eigenvalue weighted by molar-refractivity contribution is 7.99. The zero-order chi connectivity index (χ0) is 13.8. The van der Waals surface area contributed by atoms with Crippen LogP contribution in [0.2, 0.25) is 0 Å². The van der Waals surface area contributed by atoms with Gasteiger partial charge in [-0.1, -0.05) is 0 Å². The van der Waals surface area contributed by atoms with Crippen molar-refractivity contribution in [3.8, 4) is 0 Å². The predicted molar refractivity (Wildman–Crippen MR) is 75.9 cm³/mol. The molecule has 1 aliphatic heterocycles. The Bertz CT molecular complexity index is 478. The van der Waals surface area contributed by atoms with Gasteiger partial charge in [0.2, 0.25) is 0 Å². The maximum atomic E-state index is 12.1. The Morgan fingerprint density at radius 2 is 2.42 bits per heavy atom. The number of aromatic nitrogens is 1. The van der Waals surface area contributed by atoms with E-state index in [-0.39, 0.29) is 18.5 Å². The molecule has 2 N–H and O–H groups in total. The Labute approximate surface area is 119 Å². The summed E-state index contributed by atoms with van der Waals surface area (Å²) in [4.78, 5) is 28.7. The van der Waals surface area contributed by atoms with Gasteiger partial charge in [-0.3, -0.25) is 10.1 Å². The summed E-state index contributed by atoms with van der Waals surface area (Å²) >= 11 is 3.04. The van der Waals surface area contributed by atoms with Crippen LogP contribution in [-0.4, -0.2) is 51.1 Å². The minimum Gasteiger partial charge on any atom is -0.481 e. The van der Waals surface area contributed by atoms with Crippen molar-refractivity contribution in [2.24, 2.45) is 0 Å². The molecule has 1 aliphatic rings. The average Bonchev–Trinajstić information content (AvgIpc) is 2.74. The molecule has 2 heterocycles. The van der Waals surface area contributed by atoms with Gasteiger partial charge in [0.1, 0.15) is 0 Å². The lowest BCUT2D eigenvalue weighted by Gasteiger charge is -2.34. The third-order valence-electron chi connectivity index (χ3n) is 2.73. The molecule has 0 bridgehead atoms. The summed E-state index contributed by atoms with van der Waals surface area (Å²) in [6.45, 7) is 2.43. The van der Waals surface area contributed by atoms with E-state index in [1.807, 2.05) is 12.3 Å². The number of aliphatic carboxylic acids is 1. The fraction of sp³-hybridized carbons (Fsp3) is 0.545. The number of hydrogen-bond donors (Lipinski definition) is 2. The number of nitrogens with one attached hydrogen (secondary N) is 1. The van der Waals surface area contributed by atoms with Gasteiger partial charge in [0.05, 0.1) is 18.2 Å². The van der Waals surface area contributed by atoms with Crippen LogP contribution < -0.4 is 5.32 Å². The average molecular weight is 301 g/mol. The van der Waals surface area contributed by atoms with Crippen LogP contribution in [0.1, 0.15) is 12.1 Å². The van der Waals surface area contributed by atoms with E-state index in [2.05, 4.69) is 10.3 Å². The summed E-state index contributed by atoms with van der Waals surface area (Å²) in [5, 5.41) is 14.0. The molecular weight excluding hydrogens is 286 g/mol. The highest BCUT2D eigenvalue weighted by Gasteiger charge is 2.29. The highest BCUT2D eigenvalue weighted by atomic mass is 32.2. The molecule has 0 saturated carbocycles. The molecular formula is C11H15N3O3S2. The van der Waals surface area contributed by atoms with Crippen LogP contribution in [0.5, 0.6) is 0 Å². The number of thioether (sulfide) groups is 1. The lowest BCUT2D eigenvalue weighted by Crippen LogP contribution is -2.48. The third-order valence-corrected chi connectivity index (χ3v) is 4.70. The second-order valence-corrected chi connectivity index (χ2v) is 6.25. The second kappa shape index (κ2) is 6.25. The summed E-state index contributed by atoms with van der Waals surface area (Å²) < 4.78 is 0. The van der Waals surface area contributed by atoms with Crippen molar-refractivity contribution in [3.63, 3.8) is 0 Å². The zero-order valence-corrected chi connectivity index (χ0v) is 12.1. The molecule has 1 aromatic heterocycles. The molecule has 2 rings (SSSR count). The number of carbonyl (C=O) groups excluding carboxylic acids is 1. The number of anilines is 1. The molecule has 2 amide bonds. The number of amides is 2. The van der Waals surface area contributed by atoms with E-state index in [0.29, 0.717) is 17.4 Å². The largest absolute Gasteiger partial charge is 0.481 e. The van der Waals surface area contributed by atoms with Crippen LogP contribution >= 0.6 is 23.1 Å². The Morgan fingerprint density at radius 1 is 1.63 bits per heavy atom. The van der Waals surface area contributed by atoms with Crippen molar-refractivity contribution in [2.45, 2.75) is 19.4 Å². The van der Waals surface area contributed by atoms with Gasteiger partial charge in [-0.05, 0) is 6.92 Å². The number of rotatable bonds is 3. The van der Waals surface area contributed by atoms with Gasteiger partial charge in [0.15, 0.2) is 5.13 Å². The van der Waals surface area contributed by atoms with Crippen molar-refractivity contribution in [1.29, 1.82) is 0 Å². The molecule has 1 unspecified atom stereocenters. The Hall–Kier alpha value is -1.28. The van der Waals surface area contributed by atoms with Gasteiger partial charge in [-0.2, -0.15) is 11.8 Å². The lowest BCUT2D eigenvalue weighted by molar-refractivity contribution is -0.137. The van der Waals surface area contributed by atoms with Crippen LogP contribution in [0.4, 0.5) is 9.93 Å². The number of carboxylic acids is 1. The quantitative estimate of drug-likeness (QED) is 0.890. The number of urea groups is 1. The second-order valence-electron chi connectivity index (χ2n) is 4.24. The summed E-state index contributed by atoms with van der Waals surface area (Å²) in [6.07, 6.45) is -0.0166. The molecule has 1 atom stereocenters. The summed E-state index contributed by atoms with van der Waals surface area (Å²) in [5.74, 6) is 0.618. The first-order chi connectivity index (χ1) is 9.06. The fourth-order valence-corrected chi connectivity index (χ4v) is 3.61. The maximum Gasteiger partial charge on any atom is 0.323 e. The number of carbonyl (C=O) groups is 2. The summed E-state index contributed by atoms with van der Waals surface area (Å²) in [5.41, 5.74) is 0.858. The molecule has 104 valence electrons. The van der Waals surface area contributed by atoms with Gasteiger partial charge < -0.3 is 10.0 Å². The molecule has 0 radical (unpaired) electrons. The SMILES string of the molecule is Cc1csc(NC(=O)N2CCSCC2CC(=O)O)n1. The van der Waals surface area contributed by atoms with Crippen LogP contribution in [0.3, 0.4) is 0 Å².